The highest BCUT2D eigenvalue weighted by Crippen LogP contribution is 2.25. The number of likely N-dealkylation sites (N-methyl/N-ethyl adjacent to an activating group) is 1. The predicted octanol–water partition coefficient (Wildman–Crippen LogP) is 3.84. The molecule has 0 aliphatic carbocycles. The summed E-state index contributed by atoms with van der Waals surface area (Å²) < 4.78 is 19.1. The quantitative estimate of drug-likeness (QED) is 0.507. The third kappa shape index (κ3) is 5.67. The molecule has 4 rings (SSSR count). The summed E-state index contributed by atoms with van der Waals surface area (Å²) >= 11 is 0. The van der Waals surface area contributed by atoms with Crippen LogP contribution in [0.4, 0.5) is 27.9 Å². The van der Waals surface area contributed by atoms with Crippen molar-refractivity contribution in [3.63, 3.8) is 0 Å². The number of hydrogen-bond donors (Lipinski definition) is 2. The summed E-state index contributed by atoms with van der Waals surface area (Å²) in [6.45, 7) is 5.74. The van der Waals surface area contributed by atoms with Crippen LogP contribution in [0.3, 0.4) is 0 Å². The van der Waals surface area contributed by atoms with Gasteiger partial charge in [0.1, 0.15) is 0 Å². The van der Waals surface area contributed by atoms with Gasteiger partial charge in [0, 0.05) is 30.9 Å². The highest BCUT2D eigenvalue weighted by atomic mass is 19.1. The molecule has 9 heteroatoms. The van der Waals surface area contributed by atoms with Crippen molar-refractivity contribution < 1.29 is 9.13 Å². The monoisotopic (exact) mass is 451 g/mol. The van der Waals surface area contributed by atoms with E-state index in [0.29, 0.717) is 24.2 Å². The minimum Gasteiger partial charge on any atom is -0.494 e. The molecule has 1 aliphatic heterocycles. The highest BCUT2D eigenvalue weighted by molar-refractivity contribution is 5.57. The molecule has 1 saturated heterocycles. The second-order valence-electron chi connectivity index (χ2n) is 8.08. The molecule has 3 aromatic rings. The lowest BCUT2D eigenvalue weighted by atomic mass is 10.1. The van der Waals surface area contributed by atoms with Crippen LogP contribution in [0.2, 0.25) is 0 Å². The minimum absolute atomic E-state index is 0.105. The van der Waals surface area contributed by atoms with Crippen molar-refractivity contribution in [2.24, 2.45) is 0 Å². The molecule has 0 saturated carbocycles. The predicted molar refractivity (Wildman–Crippen MR) is 128 cm³/mol. The Labute approximate surface area is 193 Å². The molecule has 2 heterocycles. The average Bonchev–Trinajstić information content (AvgIpc) is 3.26. The van der Waals surface area contributed by atoms with Gasteiger partial charge in [-0.3, -0.25) is 4.90 Å². The summed E-state index contributed by atoms with van der Waals surface area (Å²) in [6, 6.07) is 15.2. The highest BCUT2D eigenvalue weighted by Gasteiger charge is 2.26. The molecule has 3 N–H and O–H groups in total. The van der Waals surface area contributed by atoms with Gasteiger partial charge >= 0.3 is 0 Å². The van der Waals surface area contributed by atoms with Crippen molar-refractivity contribution >= 4 is 23.5 Å². The Morgan fingerprint density at radius 2 is 2.00 bits per heavy atom. The van der Waals surface area contributed by atoms with Gasteiger partial charge in [-0.2, -0.15) is 15.0 Å². The van der Waals surface area contributed by atoms with Crippen molar-refractivity contribution in [1.29, 1.82) is 0 Å². The number of hydrogen-bond acceptors (Lipinski definition) is 8. The van der Waals surface area contributed by atoms with Gasteiger partial charge in [-0.25, -0.2) is 4.39 Å². The van der Waals surface area contributed by atoms with E-state index in [1.165, 1.54) is 19.6 Å². The van der Waals surface area contributed by atoms with E-state index in [1.807, 2.05) is 18.2 Å². The van der Waals surface area contributed by atoms with E-state index in [1.54, 1.807) is 12.1 Å². The first-order chi connectivity index (χ1) is 16.1. The molecule has 8 nitrogen and oxygen atoms in total. The van der Waals surface area contributed by atoms with Crippen LogP contribution in [-0.4, -0.2) is 52.6 Å². The van der Waals surface area contributed by atoms with Crippen molar-refractivity contribution in [2.45, 2.75) is 32.4 Å². The third-order valence-corrected chi connectivity index (χ3v) is 5.88. The first kappa shape index (κ1) is 22.7. The topological polar surface area (TPSA) is 92.4 Å². The number of nitrogens with one attached hydrogen (secondary N) is 1. The van der Waals surface area contributed by atoms with E-state index in [2.05, 4.69) is 49.1 Å². The molecule has 1 atom stereocenters. The Kier molecular flexibility index (Phi) is 7.19. The average molecular weight is 452 g/mol. The summed E-state index contributed by atoms with van der Waals surface area (Å²) in [4.78, 5) is 17.9. The lowest BCUT2D eigenvalue weighted by Crippen LogP contribution is -2.41. The van der Waals surface area contributed by atoms with E-state index >= 15 is 0 Å². The Morgan fingerprint density at radius 3 is 2.73 bits per heavy atom. The van der Waals surface area contributed by atoms with Crippen LogP contribution in [0, 0.1) is 5.82 Å². The van der Waals surface area contributed by atoms with E-state index in [-0.39, 0.29) is 17.6 Å². The fourth-order valence-corrected chi connectivity index (χ4v) is 4.24. The van der Waals surface area contributed by atoms with Gasteiger partial charge in [0.2, 0.25) is 17.8 Å². The van der Waals surface area contributed by atoms with Crippen molar-refractivity contribution in [1.82, 2.24) is 19.9 Å². The van der Waals surface area contributed by atoms with Crippen LogP contribution < -0.4 is 20.7 Å². The van der Waals surface area contributed by atoms with Crippen LogP contribution >= 0.6 is 0 Å². The number of anilines is 4. The van der Waals surface area contributed by atoms with Gasteiger partial charge in [0.15, 0.2) is 11.6 Å². The van der Waals surface area contributed by atoms with E-state index in [4.69, 9.17) is 10.5 Å². The second-order valence-corrected chi connectivity index (χ2v) is 8.08. The summed E-state index contributed by atoms with van der Waals surface area (Å²) in [7, 11) is 1.43. The first-order valence-corrected chi connectivity index (χ1v) is 11.2. The Balaban J connectivity index is 1.61. The van der Waals surface area contributed by atoms with Crippen LogP contribution in [0.1, 0.15) is 25.3 Å². The fraction of sp³-hybridized carbons (Fsp3) is 0.375. The first-order valence-electron chi connectivity index (χ1n) is 11.2. The van der Waals surface area contributed by atoms with Crippen LogP contribution in [0.15, 0.2) is 48.5 Å². The summed E-state index contributed by atoms with van der Waals surface area (Å²) in [5, 5.41) is 3.03. The number of ether oxygens (including phenoxy) is 1. The molecular formula is C24H30FN7O. The largest absolute Gasteiger partial charge is 0.494 e. The summed E-state index contributed by atoms with van der Waals surface area (Å²) in [6.07, 6.45) is 2.32. The number of nitrogens with zero attached hydrogens (tertiary/aromatic N) is 5. The molecule has 1 fully saturated rings. The molecule has 1 aliphatic rings. The second kappa shape index (κ2) is 10.4. The molecule has 33 heavy (non-hydrogen) atoms. The number of nitrogen functional groups attached to an aromatic ring is 1. The lowest BCUT2D eigenvalue weighted by molar-refractivity contribution is 0.268. The maximum Gasteiger partial charge on any atom is 0.233 e. The van der Waals surface area contributed by atoms with Gasteiger partial charge < -0.3 is 20.7 Å². The maximum absolute atomic E-state index is 14.1. The molecule has 0 bridgehead atoms. The minimum atomic E-state index is -0.476. The van der Waals surface area contributed by atoms with Gasteiger partial charge in [0.05, 0.1) is 7.11 Å². The third-order valence-electron chi connectivity index (χ3n) is 5.88. The molecular weight excluding hydrogens is 421 g/mol. The SMILES string of the molecule is CCN1CCCC1CN(Cc1ccccc1)c1nc(N)nc(Nc2ccc(OC)c(F)c2)n1. The van der Waals surface area contributed by atoms with Crippen molar-refractivity contribution in [2.75, 3.05) is 42.7 Å². The lowest BCUT2D eigenvalue weighted by Gasteiger charge is -2.30. The molecule has 1 aromatic heterocycles. The normalized spacial score (nSPS) is 16.0. The molecule has 0 amide bonds. The molecule has 174 valence electrons. The van der Waals surface area contributed by atoms with Crippen molar-refractivity contribution in [3.05, 3.63) is 59.9 Å². The zero-order valence-corrected chi connectivity index (χ0v) is 19.0. The van der Waals surface area contributed by atoms with Crippen LogP contribution in [0.25, 0.3) is 0 Å². The molecule has 1 unspecified atom stereocenters. The number of nitrogens with two attached hydrogens (primary N) is 1. The standard InChI is InChI=1S/C24H30FN7O/c1-3-31-13-7-10-19(31)16-32(15-17-8-5-4-6-9-17)24-29-22(26)28-23(30-24)27-18-11-12-21(33-2)20(25)14-18/h4-6,8-9,11-12,14,19H,3,7,10,13,15-16H2,1-2H3,(H3,26,27,28,29,30). The Morgan fingerprint density at radius 1 is 1.18 bits per heavy atom. The summed E-state index contributed by atoms with van der Waals surface area (Å²) in [5.41, 5.74) is 7.70. The molecule has 0 radical (unpaired) electrons. The van der Waals surface area contributed by atoms with Gasteiger partial charge in [-0.05, 0) is 43.6 Å². The van der Waals surface area contributed by atoms with E-state index in [0.717, 1.165) is 31.6 Å². The summed E-state index contributed by atoms with van der Waals surface area (Å²) in [5.74, 6) is 0.553. The zero-order chi connectivity index (χ0) is 23.2. The van der Waals surface area contributed by atoms with Gasteiger partial charge in [-0.15, -0.1) is 0 Å². The Hall–Kier alpha value is -3.46. The van der Waals surface area contributed by atoms with Gasteiger partial charge in [-0.1, -0.05) is 37.3 Å². The van der Waals surface area contributed by atoms with Crippen LogP contribution in [-0.2, 0) is 6.54 Å². The van der Waals surface area contributed by atoms with Gasteiger partial charge in [0.25, 0.3) is 0 Å². The zero-order valence-electron chi connectivity index (χ0n) is 19.0. The number of methoxy groups -OCH3 is 1. The molecule has 2 aromatic carbocycles. The number of benzene rings is 2. The molecule has 0 spiro atoms. The Bertz CT molecular complexity index is 1070. The maximum atomic E-state index is 14.1. The van der Waals surface area contributed by atoms with Crippen LogP contribution in [0.5, 0.6) is 5.75 Å². The van der Waals surface area contributed by atoms with E-state index < -0.39 is 5.82 Å². The smallest absolute Gasteiger partial charge is 0.233 e. The van der Waals surface area contributed by atoms with Crippen molar-refractivity contribution in [3.8, 4) is 5.75 Å². The number of likely N-dealkylation sites (tertiary alicyclic amines) is 1. The number of halogens is 1. The van der Waals surface area contributed by atoms with E-state index in [9.17, 15) is 4.39 Å². The fourth-order valence-electron chi connectivity index (χ4n) is 4.24. The number of aromatic nitrogens is 3. The number of rotatable bonds is 9.